The third-order valence-corrected chi connectivity index (χ3v) is 4.66. The lowest BCUT2D eigenvalue weighted by atomic mass is 10.1. The zero-order valence-electron chi connectivity index (χ0n) is 8.20. The van der Waals surface area contributed by atoms with Crippen molar-refractivity contribution in [1.82, 2.24) is 5.32 Å². The Morgan fingerprint density at radius 3 is 2.93 bits per heavy atom. The zero-order chi connectivity index (χ0) is 10.4. The van der Waals surface area contributed by atoms with E-state index >= 15 is 0 Å². The van der Waals surface area contributed by atoms with E-state index in [0.717, 1.165) is 15.5 Å². The Morgan fingerprint density at radius 2 is 2.20 bits per heavy atom. The predicted molar refractivity (Wildman–Crippen MR) is 61.6 cm³/mol. The minimum absolute atomic E-state index is 0.243. The first-order valence-corrected chi connectivity index (χ1v) is 6.87. The molecular weight excluding hydrogens is 230 g/mol. The lowest BCUT2D eigenvalue weighted by Crippen LogP contribution is -2.23. The van der Waals surface area contributed by atoms with Crippen LogP contribution in [0.15, 0.2) is 23.1 Å². The predicted octanol–water partition coefficient (Wildman–Crippen LogP) is 2.25. The van der Waals surface area contributed by atoms with Gasteiger partial charge in [-0.1, -0.05) is 11.6 Å². The van der Waals surface area contributed by atoms with Gasteiger partial charge >= 0.3 is 0 Å². The lowest BCUT2D eigenvalue weighted by molar-refractivity contribution is 0.577. The molecule has 0 amide bonds. The molecule has 15 heavy (non-hydrogen) atoms. The highest BCUT2D eigenvalue weighted by Crippen LogP contribution is 2.35. The summed E-state index contributed by atoms with van der Waals surface area (Å²) in [5, 5.41) is 4.25. The molecule has 1 N–H and O–H groups in total. The third-order valence-electron chi connectivity index (χ3n) is 2.92. The van der Waals surface area contributed by atoms with Crippen molar-refractivity contribution in [2.45, 2.75) is 29.8 Å². The Bertz CT molecular complexity index is 431. The Kier molecular flexibility index (Phi) is 2.34. The van der Waals surface area contributed by atoms with E-state index in [1.165, 1.54) is 12.8 Å². The third kappa shape index (κ3) is 1.84. The van der Waals surface area contributed by atoms with E-state index in [0.29, 0.717) is 11.8 Å². The molecule has 0 bridgehead atoms. The molecule has 1 saturated carbocycles. The van der Waals surface area contributed by atoms with E-state index in [-0.39, 0.29) is 6.04 Å². The van der Waals surface area contributed by atoms with Gasteiger partial charge < -0.3 is 5.32 Å². The fraction of sp³-hybridized carbons (Fsp3) is 0.455. The molecule has 1 fully saturated rings. The molecule has 0 saturated heterocycles. The van der Waals surface area contributed by atoms with Crippen LogP contribution in [0.1, 0.15) is 24.4 Å². The van der Waals surface area contributed by atoms with E-state index in [4.69, 9.17) is 11.6 Å². The molecule has 2 aliphatic rings. The fourth-order valence-corrected chi connectivity index (χ4v) is 3.62. The molecule has 2 atom stereocenters. The second-order valence-corrected chi connectivity index (χ2v) is 6.09. The van der Waals surface area contributed by atoms with Crippen molar-refractivity contribution in [1.29, 1.82) is 0 Å². The topological polar surface area (TPSA) is 29.1 Å². The summed E-state index contributed by atoms with van der Waals surface area (Å²) in [6.45, 7) is 0. The number of benzene rings is 1. The molecule has 1 aliphatic heterocycles. The average molecular weight is 242 g/mol. The molecule has 0 radical (unpaired) electrons. The highest BCUT2D eigenvalue weighted by atomic mass is 35.5. The molecule has 3 rings (SSSR count). The molecule has 80 valence electrons. The van der Waals surface area contributed by atoms with Gasteiger partial charge in [-0.2, -0.15) is 0 Å². The van der Waals surface area contributed by atoms with Crippen LogP contribution in [0.25, 0.3) is 0 Å². The van der Waals surface area contributed by atoms with Gasteiger partial charge in [0.2, 0.25) is 0 Å². The molecular formula is C11H12ClNOS. The minimum atomic E-state index is -0.846. The van der Waals surface area contributed by atoms with Crippen LogP contribution >= 0.6 is 11.6 Å². The second kappa shape index (κ2) is 3.58. The first-order chi connectivity index (χ1) is 7.24. The maximum atomic E-state index is 11.8. The maximum absolute atomic E-state index is 11.8. The van der Waals surface area contributed by atoms with Gasteiger partial charge in [-0.05, 0) is 36.6 Å². The second-order valence-electron chi connectivity index (χ2n) is 4.19. The van der Waals surface area contributed by atoms with Crippen molar-refractivity contribution in [3.8, 4) is 0 Å². The summed E-state index contributed by atoms with van der Waals surface area (Å²) in [6.07, 6.45) is 2.50. The molecule has 4 heteroatoms. The van der Waals surface area contributed by atoms with Gasteiger partial charge in [0, 0.05) is 27.8 Å². The van der Waals surface area contributed by atoms with Crippen LogP contribution in [0.3, 0.4) is 0 Å². The van der Waals surface area contributed by atoms with Crippen molar-refractivity contribution in [2.24, 2.45) is 0 Å². The number of hydrogen-bond donors (Lipinski definition) is 1. The van der Waals surface area contributed by atoms with Crippen LogP contribution in [0.5, 0.6) is 0 Å². The van der Waals surface area contributed by atoms with E-state index in [1.807, 2.05) is 18.2 Å². The van der Waals surface area contributed by atoms with Crippen LogP contribution < -0.4 is 5.32 Å². The van der Waals surface area contributed by atoms with Gasteiger partial charge in [0.1, 0.15) is 0 Å². The first kappa shape index (κ1) is 9.82. The van der Waals surface area contributed by atoms with Crippen LogP contribution in [0.4, 0.5) is 0 Å². The summed E-state index contributed by atoms with van der Waals surface area (Å²) >= 11 is 5.96. The van der Waals surface area contributed by atoms with Gasteiger partial charge in [-0.3, -0.25) is 4.21 Å². The lowest BCUT2D eigenvalue weighted by Gasteiger charge is -2.11. The molecule has 0 spiro atoms. The molecule has 1 heterocycles. The maximum Gasteiger partial charge on any atom is 0.0552 e. The number of rotatable bonds is 2. The standard InChI is InChI=1S/C11H12ClNOS/c12-7-1-4-11-9(5-7)10(6-15(11)14)13-8-2-3-8/h1,4-5,8,10,13H,2-3,6H2. The number of fused-ring (bicyclic) bond motifs is 1. The van der Waals surface area contributed by atoms with E-state index < -0.39 is 10.8 Å². The summed E-state index contributed by atoms with van der Waals surface area (Å²) in [5.74, 6) is 0.701. The smallest absolute Gasteiger partial charge is 0.0552 e. The summed E-state index contributed by atoms with van der Waals surface area (Å²) in [4.78, 5) is 0.956. The highest BCUT2D eigenvalue weighted by Gasteiger charge is 2.32. The highest BCUT2D eigenvalue weighted by molar-refractivity contribution is 7.85. The van der Waals surface area contributed by atoms with Crippen LogP contribution in [0, 0.1) is 0 Å². The van der Waals surface area contributed by atoms with Crippen molar-refractivity contribution in [3.05, 3.63) is 28.8 Å². The first-order valence-electron chi connectivity index (χ1n) is 5.18. The average Bonchev–Trinajstić information content (AvgIpc) is 2.95. The van der Waals surface area contributed by atoms with Gasteiger partial charge in [0.15, 0.2) is 0 Å². The van der Waals surface area contributed by atoms with Crippen LogP contribution in [0.2, 0.25) is 5.02 Å². The quantitative estimate of drug-likeness (QED) is 0.861. The van der Waals surface area contributed by atoms with Gasteiger partial charge in [0.25, 0.3) is 0 Å². The number of hydrogen-bond acceptors (Lipinski definition) is 2. The fourth-order valence-electron chi connectivity index (χ4n) is 2.00. The number of nitrogens with one attached hydrogen (secondary N) is 1. The minimum Gasteiger partial charge on any atom is -0.306 e. The van der Waals surface area contributed by atoms with Gasteiger partial charge in [-0.25, -0.2) is 0 Å². The van der Waals surface area contributed by atoms with Crippen molar-refractivity contribution >= 4 is 22.4 Å². The summed E-state index contributed by atoms with van der Waals surface area (Å²) in [5.41, 5.74) is 1.13. The Morgan fingerprint density at radius 1 is 1.40 bits per heavy atom. The van der Waals surface area contributed by atoms with E-state index in [1.54, 1.807) is 0 Å². The SMILES string of the molecule is O=S1CC(NC2CC2)c2cc(Cl)ccc21. The molecule has 2 nitrogen and oxygen atoms in total. The monoisotopic (exact) mass is 241 g/mol. The number of halogens is 1. The Labute approximate surface area is 96.5 Å². The molecule has 1 aliphatic carbocycles. The van der Waals surface area contributed by atoms with Crippen LogP contribution in [-0.4, -0.2) is 16.0 Å². The zero-order valence-corrected chi connectivity index (χ0v) is 9.77. The summed E-state index contributed by atoms with van der Waals surface area (Å²) in [7, 11) is -0.846. The van der Waals surface area contributed by atoms with Gasteiger partial charge in [0.05, 0.1) is 10.8 Å². The van der Waals surface area contributed by atoms with E-state index in [9.17, 15) is 4.21 Å². The largest absolute Gasteiger partial charge is 0.306 e. The molecule has 1 aromatic carbocycles. The van der Waals surface area contributed by atoms with Crippen molar-refractivity contribution < 1.29 is 4.21 Å². The Balaban J connectivity index is 1.95. The van der Waals surface area contributed by atoms with Crippen LogP contribution in [-0.2, 0) is 10.8 Å². The summed E-state index contributed by atoms with van der Waals surface area (Å²) in [6, 6.07) is 6.53. The normalized spacial score (nSPS) is 29.1. The summed E-state index contributed by atoms with van der Waals surface area (Å²) < 4.78 is 11.8. The molecule has 1 aromatic rings. The van der Waals surface area contributed by atoms with Crippen molar-refractivity contribution in [2.75, 3.05) is 5.75 Å². The van der Waals surface area contributed by atoms with Crippen molar-refractivity contribution in [3.63, 3.8) is 0 Å². The van der Waals surface area contributed by atoms with Gasteiger partial charge in [-0.15, -0.1) is 0 Å². The Hall–Kier alpha value is -0.380. The molecule has 0 aromatic heterocycles. The molecule has 2 unspecified atom stereocenters. The van der Waals surface area contributed by atoms with E-state index in [2.05, 4.69) is 5.32 Å².